The number of nitrogens with zero attached hydrogens (tertiary/aromatic N) is 2. The topological polar surface area (TPSA) is 49.6 Å². The van der Waals surface area contributed by atoms with Crippen molar-refractivity contribution < 1.29 is 4.79 Å². The van der Waals surface area contributed by atoms with Crippen LogP contribution in [0.1, 0.15) is 11.3 Å². The Labute approximate surface area is 121 Å². The first-order chi connectivity index (χ1) is 8.43. The molecule has 2 N–H and O–H groups in total. The molecule has 0 aromatic carbocycles. The number of rotatable bonds is 6. The summed E-state index contributed by atoms with van der Waals surface area (Å²) in [5, 5.41) is 2.06. The summed E-state index contributed by atoms with van der Waals surface area (Å²) in [5.74, 6) is 0.115. The van der Waals surface area contributed by atoms with Gasteiger partial charge in [0.15, 0.2) is 0 Å². The molecule has 1 atom stereocenters. The van der Waals surface area contributed by atoms with Crippen molar-refractivity contribution in [3.63, 3.8) is 0 Å². The minimum Gasteiger partial charge on any atom is -0.349 e. The molecule has 0 spiro atoms. The summed E-state index contributed by atoms with van der Waals surface area (Å²) in [6.45, 7) is 1.31. The van der Waals surface area contributed by atoms with Crippen molar-refractivity contribution >= 4 is 33.2 Å². The third-order valence-corrected chi connectivity index (χ3v) is 4.51. The standard InChI is InChI=1S/C12H20BrN3OS/c1-15(2)12(17)5-10(6-14)16(3)7-11-4-9(13)8-18-11/h4,8,10H,5-7,14H2,1-3H3. The molecule has 1 rings (SSSR count). The maximum Gasteiger partial charge on any atom is 0.223 e. The molecule has 1 aromatic rings. The van der Waals surface area contributed by atoms with Gasteiger partial charge in [0.05, 0.1) is 0 Å². The molecule has 0 bridgehead atoms. The molecule has 4 nitrogen and oxygen atoms in total. The Morgan fingerprint density at radius 2 is 2.17 bits per heavy atom. The van der Waals surface area contributed by atoms with Crippen LogP contribution in [0.15, 0.2) is 15.9 Å². The largest absolute Gasteiger partial charge is 0.349 e. The Balaban J connectivity index is 2.56. The molecule has 1 unspecified atom stereocenters. The van der Waals surface area contributed by atoms with Crippen molar-refractivity contribution in [2.45, 2.75) is 19.0 Å². The van der Waals surface area contributed by atoms with Crippen molar-refractivity contribution in [1.82, 2.24) is 9.80 Å². The van der Waals surface area contributed by atoms with Crippen LogP contribution in [0, 0.1) is 0 Å². The van der Waals surface area contributed by atoms with Crippen LogP contribution in [-0.4, -0.2) is 49.4 Å². The van der Waals surface area contributed by atoms with Gasteiger partial charge in [0, 0.05) is 54.4 Å². The quantitative estimate of drug-likeness (QED) is 0.862. The first-order valence-electron chi connectivity index (χ1n) is 5.77. The number of nitrogens with two attached hydrogens (primary N) is 1. The minimum absolute atomic E-state index is 0.0841. The van der Waals surface area contributed by atoms with E-state index in [1.807, 2.05) is 7.05 Å². The number of thiophene rings is 1. The zero-order chi connectivity index (χ0) is 13.7. The van der Waals surface area contributed by atoms with Gasteiger partial charge in [-0.15, -0.1) is 11.3 Å². The molecule has 1 aromatic heterocycles. The van der Waals surface area contributed by atoms with E-state index in [0.717, 1.165) is 11.0 Å². The number of carbonyl (C=O) groups is 1. The molecule has 102 valence electrons. The van der Waals surface area contributed by atoms with E-state index in [1.165, 1.54) is 4.88 Å². The molecular formula is C12H20BrN3OS. The van der Waals surface area contributed by atoms with Crippen LogP contribution in [0.5, 0.6) is 0 Å². The second-order valence-corrected chi connectivity index (χ2v) is 6.44. The van der Waals surface area contributed by atoms with Gasteiger partial charge in [-0.05, 0) is 29.0 Å². The second-order valence-electron chi connectivity index (χ2n) is 4.53. The Hall–Kier alpha value is -0.430. The highest BCUT2D eigenvalue weighted by Gasteiger charge is 2.18. The zero-order valence-electron chi connectivity index (χ0n) is 11.0. The van der Waals surface area contributed by atoms with E-state index in [2.05, 4.69) is 32.3 Å². The summed E-state index contributed by atoms with van der Waals surface area (Å²) in [6, 6.07) is 2.18. The van der Waals surface area contributed by atoms with Crippen molar-refractivity contribution in [2.24, 2.45) is 5.73 Å². The molecule has 6 heteroatoms. The number of halogens is 1. The average Bonchev–Trinajstić information content (AvgIpc) is 2.70. The fraction of sp³-hybridized carbons (Fsp3) is 0.583. The van der Waals surface area contributed by atoms with E-state index in [9.17, 15) is 4.79 Å². The van der Waals surface area contributed by atoms with Gasteiger partial charge < -0.3 is 10.6 Å². The molecule has 0 aliphatic heterocycles. The summed E-state index contributed by atoms with van der Waals surface area (Å²) in [5.41, 5.74) is 5.76. The lowest BCUT2D eigenvalue weighted by Crippen LogP contribution is -2.41. The lowest BCUT2D eigenvalue weighted by Gasteiger charge is -2.27. The molecule has 0 saturated carbocycles. The number of likely N-dealkylation sites (N-methyl/N-ethyl adjacent to an activating group) is 1. The SMILES string of the molecule is CN(C)C(=O)CC(CN)N(C)Cc1cc(Br)cs1. The summed E-state index contributed by atoms with van der Waals surface area (Å²) >= 11 is 5.15. The van der Waals surface area contributed by atoms with Crippen LogP contribution in [0.3, 0.4) is 0 Å². The molecule has 0 fully saturated rings. The van der Waals surface area contributed by atoms with Gasteiger partial charge in [-0.25, -0.2) is 0 Å². The number of hydrogen-bond donors (Lipinski definition) is 1. The molecule has 0 aliphatic rings. The normalized spacial score (nSPS) is 12.8. The van der Waals surface area contributed by atoms with Crippen LogP contribution in [0.25, 0.3) is 0 Å². The molecule has 18 heavy (non-hydrogen) atoms. The predicted molar refractivity (Wildman–Crippen MR) is 79.6 cm³/mol. The maximum atomic E-state index is 11.7. The molecule has 0 aliphatic carbocycles. The zero-order valence-corrected chi connectivity index (χ0v) is 13.4. The molecule has 0 saturated heterocycles. The molecule has 0 radical (unpaired) electrons. The van der Waals surface area contributed by atoms with E-state index in [-0.39, 0.29) is 11.9 Å². The van der Waals surface area contributed by atoms with E-state index in [4.69, 9.17) is 5.73 Å². The van der Waals surface area contributed by atoms with E-state index in [0.29, 0.717) is 13.0 Å². The highest BCUT2D eigenvalue weighted by molar-refractivity contribution is 9.10. The number of hydrogen-bond acceptors (Lipinski definition) is 4. The van der Waals surface area contributed by atoms with E-state index >= 15 is 0 Å². The Morgan fingerprint density at radius 3 is 2.61 bits per heavy atom. The Morgan fingerprint density at radius 1 is 1.50 bits per heavy atom. The van der Waals surface area contributed by atoms with Crippen molar-refractivity contribution in [3.05, 3.63) is 20.8 Å². The highest BCUT2D eigenvalue weighted by Crippen LogP contribution is 2.21. The van der Waals surface area contributed by atoms with Gasteiger partial charge in [-0.3, -0.25) is 9.69 Å². The first kappa shape index (κ1) is 15.6. The monoisotopic (exact) mass is 333 g/mol. The lowest BCUT2D eigenvalue weighted by atomic mass is 10.1. The number of amides is 1. The maximum absolute atomic E-state index is 11.7. The fourth-order valence-electron chi connectivity index (χ4n) is 1.61. The van der Waals surface area contributed by atoms with Crippen LogP contribution in [-0.2, 0) is 11.3 Å². The highest BCUT2D eigenvalue weighted by atomic mass is 79.9. The third-order valence-electron chi connectivity index (χ3n) is 2.83. The molecular weight excluding hydrogens is 314 g/mol. The van der Waals surface area contributed by atoms with Gasteiger partial charge in [0.2, 0.25) is 5.91 Å². The molecule has 1 heterocycles. The smallest absolute Gasteiger partial charge is 0.223 e. The predicted octanol–water partition coefficient (Wildman–Crippen LogP) is 1.75. The second kappa shape index (κ2) is 7.23. The Kier molecular flexibility index (Phi) is 6.28. The Bertz CT molecular complexity index is 394. The number of carbonyl (C=O) groups excluding carboxylic acids is 1. The first-order valence-corrected chi connectivity index (χ1v) is 7.44. The van der Waals surface area contributed by atoms with Crippen LogP contribution in [0.4, 0.5) is 0 Å². The fourth-order valence-corrected chi connectivity index (χ4v) is 3.13. The summed E-state index contributed by atoms with van der Waals surface area (Å²) in [7, 11) is 5.55. The van der Waals surface area contributed by atoms with E-state index < -0.39 is 0 Å². The average molecular weight is 334 g/mol. The van der Waals surface area contributed by atoms with Crippen LogP contribution < -0.4 is 5.73 Å². The van der Waals surface area contributed by atoms with E-state index in [1.54, 1.807) is 30.3 Å². The summed E-state index contributed by atoms with van der Waals surface area (Å²) in [6.07, 6.45) is 0.465. The van der Waals surface area contributed by atoms with Crippen LogP contribution >= 0.6 is 27.3 Å². The van der Waals surface area contributed by atoms with Gasteiger partial charge in [0.25, 0.3) is 0 Å². The van der Waals surface area contributed by atoms with Gasteiger partial charge in [-0.1, -0.05) is 0 Å². The van der Waals surface area contributed by atoms with Crippen molar-refractivity contribution in [1.29, 1.82) is 0 Å². The molecule has 1 amide bonds. The van der Waals surface area contributed by atoms with Gasteiger partial charge in [-0.2, -0.15) is 0 Å². The lowest BCUT2D eigenvalue weighted by molar-refractivity contribution is -0.129. The van der Waals surface area contributed by atoms with Crippen molar-refractivity contribution in [3.8, 4) is 0 Å². The van der Waals surface area contributed by atoms with Crippen molar-refractivity contribution in [2.75, 3.05) is 27.7 Å². The summed E-state index contributed by atoms with van der Waals surface area (Å²) < 4.78 is 1.10. The minimum atomic E-state index is 0.0841. The van der Waals surface area contributed by atoms with Gasteiger partial charge in [0.1, 0.15) is 0 Å². The third kappa shape index (κ3) is 4.68. The van der Waals surface area contributed by atoms with Gasteiger partial charge >= 0.3 is 0 Å². The van der Waals surface area contributed by atoms with Crippen LogP contribution in [0.2, 0.25) is 0 Å². The summed E-state index contributed by atoms with van der Waals surface area (Å²) in [4.78, 5) is 16.7.